The first-order chi connectivity index (χ1) is 12.8. The van der Waals surface area contributed by atoms with Crippen molar-refractivity contribution < 1.29 is 4.74 Å². The summed E-state index contributed by atoms with van der Waals surface area (Å²) in [6.45, 7) is 7.13. The van der Waals surface area contributed by atoms with Gasteiger partial charge in [0.2, 0.25) is 5.95 Å². The Balaban J connectivity index is 1.35. The van der Waals surface area contributed by atoms with Crippen molar-refractivity contribution in [3.05, 3.63) is 30.4 Å². The SMILES string of the molecule is Cc1cc(NC2CCN(c3ccnc(N4CCOCC4)n3)CC2)ncn1. The molecule has 0 atom stereocenters. The second kappa shape index (κ2) is 7.82. The lowest BCUT2D eigenvalue weighted by Gasteiger charge is -2.34. The third kappa shape index (κ3) is 4.01. The van der Waals surface area contributed by atoms with E-state index in [1.165, 1.54) is 0 Å². The van der Waals surface area contributed by atoms with Gasteiger partial charge in [-0.15, -0.1) is 0 Å². The normalized spacial score (nSPS) is 18.8. The summed E-state index contributed by atoms with van der Waals surface area (Å²) >= 11 is 0. The average molecular weight is 355 g/mol. The third-order valence-corrected chi connectivity index (χ3v) is 4.90. The Morgan fingerprint density at radius 1 is 1.04 bits per heavy atom. The molecule has 0 bridgehead atoms. The zero-order valence-electron chi connectivity index (χ0n) is 15.1. The summed E-state index contributed by atoms with van der Waals surface area (Å²) in [6.07, 6.45) is 5.59. The standard InChI is InChI=1S/C18H25N7O/c1-14-12-16(21-13-20-14)22-15-3-6-24(7-4-15)17-2-5-19-18(23-17)25-8-10-26-11-9-25/h2,5,12-13,15H,3-4,6-11H2,1H3,(H,20,21,22). The molecule has 2 saturated heterocycles. The number of aryl methyl sites for hydroxylation is 1. The molecule has 26 heavy (non-hydrogen) atoms. The highest BCUT2D eigenvalue weighted by Crippen LogP contribution is 2.22. The van der Waals surface area contributed by atoms with E-state index < -0.39 is 0 Å². The molecule has 2 aromatic rings. The number of nitrogens with one attached hydrogen (secondary N) is 1. The molecule has 2 aromatic heterocycles. The molecule has 8 heteroatoms. The first kappa shape index (κ1) is 17.0. The van der Waals surface area contributed by atoms with Crippen LogP contribution >= 0.6 is 0 Å². The predicted octanol–water partition coefficient (Wildman–Crippen LogP) is 1.49. The number of hydrogen-bond acceptors (Lipinski definition) is 8. The van der Waals surface area contributed by atoms with Crippen molar-refractivity contribution in [2.75, 3.05) is 54.5 Å². The monoisotopic (exact) mass is 355 g/mol. The van der Waals surface area contributed by atoms with Crippen LogP contribution in [0, 0.1) is 6.92 Å². The van der Waals surface area contributed by atoms with Crippen molar-refractivity contribution in [1.82, 2.24) is 19.9 Å². The van der Waals surface area contributed by atoms with Gasteiger partial charge in [0, 0.05) is 50.2 Å². The molecule has 2 fully saturated rings. The molecule has 0 aliphatic carbocycles. The van der Waals surface area contributed by atoms with Crippen molar-refractivity contribution in [3.63, 3.8) is 0 Å². The van der Waals surface area contributed by atoms with Crippen LogP contribution in [0.15, 0.2) is 24.7 Å². The van der Waals surface area contributed by atoms with Gasteiger partial charge in [-0.25, -0.2) is 15.0 Å². The lowest BCUT2D eigenvalue weighted by atomic mass is 10.1. The van der Waals surface area contributed by atoms with Gasteiger partial charge in [0.15, 0.2) is 0 Å². The van der Waals surface area contributed by atoms with Gasteiger partial charge >= 0.3 is 0 Å². The minimum Gasteiger partial charge on any atom is -0.378 e. The van der Waals surface area contributed by atoms with Crippen LogP contribution in [0.25, 0.3) is 0 Å². The van der Waals surface area contributed by atoms with E-state index in [-0.39, 0.29) is 0 Å². The largest absolute Gasteiger partial charge is 0.378 e. The molecule has 0 spiro atoms. The summed E-state index contributed by atoms with van der Waals surface area (Å²) in [6, 6.07) is 4.43. The van der Waals surface area contributed by atoms with Crippen LogP contribution in [0.2, 0.25) is 0 Å². The number of hydrogen-bond donors (Lipinski definition) is 1. The van der Waals surface area contributed by atoms with Crippen LogP contribution in [-0.4, -0.2) is 65.4 Å². The first-order valence-corrected chi connectivity index (χ1v) is 9.24. The maximum Gasteiger partial charge on any atom is 0.227 e. The van der Waals surface area contributed by atoms with E-state index in [0.717, 1.165) is 75.5 Å². The molecular weight excluding hydrogens is 330 g/mol. The number of anilines is 3. The van der Waals surface area contributed by atoms with Crippen molar-refractivity contribution >= 4 is 17.6 Å². The fraction of sp³-hybridized carbons (Fsp3) is 0.556. The van der Waals surface area contributed by atoms with Crippen molar-refractivity contribution in [1.29, 1.82) is 0 Å². The maximum absolute atomic E-state index is 5.41. The Morgan fingerprint density at radius 3 is 2.62 bits per heavy atom. The van der Waals surface area contributed by atoms with Gasteiger partial charge in [0.1, 0.15) is 18.0 Å². The smallest absolute Gasteiger partial charge is 0.227 e. The number of morpholine rings is 1. The van der Waals surface area contributed by atoms with Gasteiger partial charge < -0.3 is 19.9 Å². The summed E-state index contributed by atoms with van der Waals surface area (Å²) < 4.78 is 5.41. The Bertz CT molecular complexity index is 727. The maximum atomic E-state index is 5.41. The third-order valence-electron chi connectivity index (χ3n) is 4.90. The zero-order valence-corrected chi connectivity index (χ0v) is 15.1. The van der Waals surface area contributed by atoms with E-state index in [1.807, 2.05) is 25.3 Å². The van der Waals surface area contributed by atoms with E-state index in [4.69, 9.17) is 9.72 Å². The number of nitrogens with zero attached hydrogens (tertiary/aromatic N) is 6. The lowest BCUT2D eigenvalue weighted by molar-refractivity contribution is 0.122. The average Bonchev–Trinajstić information content (AvgIpc) is 2.69. The summed E-state index contributed by atoms with van der Waals surface area (Å²) in [4.78, 5) is 22.2. The highest BCUT2D eigenvalue weighted by molar-refractivity contribution is 5.45. The zero-order chi connectivity index (χ0) is 17.8. The summed E-state index contributed by atoms with van der Waals surface area (Å²) in [5.41, 5.74) is 0.983. The summed E-state index contributed by atoms with van der Waals surface area (Å²) in [7, 11) is 0. The summed E-state index contributed by atoms with van der Waals surface area (Å²) in [5.74, 6) is 2.73. The highest BCUT2D eigenvalue weighted by Gasteiger charge is 2.22. The van der Waals surface area contributed by atoms with Gasteiger partial charge in [-0.2, -0.15) is 4.98 Å². The highest BCUT2D eigenvalue weighted by atomic mass is 16.5. The molecular formula is C18H25N7O. The number of ether oxygens (including phenoxy) is 1. The minimum atomic E-state index is 0.432. The molecule has 138 valence electrons. The molecule has 4 heterocycles. The predicted molar refractivity (Wildman–Crippen MR) is 101 cm³/mol. The van der Waals surface area contributed by atoms with Gasteiger partial charge in [0.25, 0.3) is 0 Å². The van der Waals surface area contributed by atoms with E-state index in [2.05, 4.69) is 30.1 Å². The fourth-order valence-corrected chi connectivity index (χ4v) is 3.43. The Kier molecular flexibility index (Phi) is 5.10. The van der Waals surface area contributed by atoms with Gasteiger partial charge in [-0.1, -0.05) is 0 Å². The molecule has 1 N–H and O–H groups in total. The van der Waals surface area contributed by atoms with E-state index >= 15 is 0 Å². The molecule has 0 unspecified atom stereocenters. The van der Waals surface area contributed by atoms with Gasteiger partial charge in [-0.3, -0.25) is 0 Å². The van der Waals surface area contributed by atoms with Crippen LogP contribution in [0.4, 0.5) is 17.6 Å². The molecule has 8 nitrogen and oxygen atoms in total. The number of aromatic nitrogens is 4. The van der Waals surface area contributed by atoms with Gasteiger partial charge in [0.05, 0.1) is 13.2 Å². The van der Waals surface area contributed by atoms with Crippen LogP contribution in [0.3, 0.4) is 0 Å². The van der Waals surface area contributed by atoms with E-state index in [9.17, 15) is 0 Å². The fourth-order valence-electron chi connectivity index (χ4n) is 3.43. The Hall–Kier alpha value is -2.48. The van der Waals surface area contributed by atoms with E-state index in [0.29, 0.717) is 6.04 Å². The number of rotatable bonds is 4. The Morgan fingerprint density at radius 2 is 1.85 bits per heavy atom. The Labute approximate surface area is 153 Å². The first-order valence-electron chi connectivity index (χ1n) is 9.24. The molecule has 0 saturated carbocycles. The summed E-state index contributed by atoms with van der Waals surface area (Å²) in [5, 5.41) is 3.52. The molecule has 0 aromatic carbocycles. The van der Waals surface area contributed by atoms with Gasteiger partial charge in [-0.05, 0) is 25.8 Å². The topological polar surface area (TPSA) is 79.3 Å². The van der Waals surface area contributed by atoms with E-state index in [1.54, 1.807) is 6.33 Å². The number of piperidine rings is 1. The quantitative estimate of drug-likeness (QED) is 0.884. The second-order valence-electron chi connectivity index (χ2n) is 6.76. The van der Waals surface area contributed by atoms with Crippen molar-refractivity contribution in [2.45, 2.75) is 25.8 Å². The molecule has 2 aliphatic rings. The van der Waals surface area contributed by atoms with Crippen molar-refractivity contribution in [2.24, 2.45) is 0 Å². The second-order valence-corrected chi connectivity index (χ2v) is 6.76. The lowest BCUT2D eigenvalue weighted by Crippen LogP contribution is -2.40. The van der Waals surface area contributed by atoms with Crippen LogP contribution in [0.5, 0.6) is 0 Å². The van der Waals surface area contributed by atoms with Crippen LogP contribution < -0.4 is 15.1 Å². The molecule has 4 rings (SSSR count). The van der Waals surface area contributed by atoms with Crippen LogP contribution in [-0.2, 0) is 4.74 Å². The molecule has 2 aliphatic heterocycles. The minimum absolute atomic E-state index is 0.432. The molecule has 0 amide bonds. The van der Waals surface area contributed by atoms with Crippen molar-refractivity contribution in [3.8, 4) is 0 Å². The van der Waals surface area contributed by atoms with Crippen LogP contribution in [0.1, 0.15) is 18.5 Å². The molecule has 0 radical (unpaired) electrons.